The normalized spacial score (nSPS) is 16.3. The number of hydrogen-bond donors (Lipinski definition) is 0. The fourth-order valence-corrected chi connectivity index (χ4v) is 3.84. The number of ether oxygens (including phenoxy) is 1. The number of likely N-dealkylation sites (N-methyl/N-ethyl adjacent to an activating group) is 1. The SMILES string of the molecule is CC(C)Oc1ccccc1CN1CCN(C(=O)C(c2ccccc2)N(C)C)CC1. The van der Waals surface area contributed by atoms with Gasteiger partial charge in [-0.15, -0.1) is 0 Å². The van der Waals surface area contributed by atoms with E-state index in [1.165, 1.54) is 5.56 Å². The molecule has 0 radical (unpaired) electrons. The Morgan fingerprint density at radius 1 is 0.966 bits per heavy atom. The average Bonchev–Trinajstić information content (AvgIpc) is 2.70. The summed E-state index contributed by atoms with van der Waals surface area (Å²) in [6.07, 6.45) is 0.159. The van der Waals surface area contributed by atoms with Gasteiger partial charge in [-0.25, -0.2) is 0 Å². The molecule has 0 aliphatic carbocycles. The Kier molecular flexibility index (Phi) is 7.29. The van der Waals surface area contributed by atoms with Crippen LogP contribution in [0.5, 0.6) is 5.75 Å². The lowest BCUT2D eigenvalue weighted by Gasteiger charge is -2.38. The first-order chi connectivity index (χ1) is 14.0. The molecule has 1 atom stereocenters. The van der Waals surface area contributed by atoms with E-state index in [1.807, 2.05) is 66.4 Å². The molecule has 0 bridgehead atoms. The van der Waals surface area contributed by atoms with Crippen LogP contribution in [0.1, 0.15) is 31.0 Å². The summed E-state index contributed by atoms with van der Waals surface area (Å²) in [6.45, 7) is 8.20. The highest BCUT2D eigenvalue weighted by atomic mass is 16.5. The molecular weight excluding hydrogens is 362 g/mol. The molecule has 1 amide bonds. The number of amides is 1. The van der Waals surface area contributed by atoms with Crippen molar-refractivity contribution in [3.8, 4) is 5.75 Å². The second-order valence-corrected chi connectivity index (χ2v) is 8.15. The lowest BCUT2D eigenvalue weighted by Crippen LogP contribution is -2.51. The zero-order valence-electron chi connectivity index (χ0n) is 18.0. The molecule has 5 nitrogen and oxygen atoms in total. The lowest BCUT2D eigenvalue weighted by atomic mass is 10.0. The van der Waals surface area contributed by atoms with E-state index in [4.69, 9.17) is 4.74 Å². The number of benzene rings is 2. The summed E-state index contributed by atoms with van der Waals surface area (Å²) in [4.78, 5) is 19.6. The predicted octanol–water partition coefficient (Wildman–Crippen LogP) is 3.42. The van der Waals surface area contributed by atoms with Crippen molar-refractivity contribution in [3.63, 3.8) is 0 Å². The van der Waals surface area contributed by atoms with Gasteiger partial charge in [0.05, 0.1) is 6.10 Å². The summed E-state index contributed by atoms with van der Waals surface area (Å²) in [5.41, 5.74) is 2.25. The Morgan fingerprint density at radius 2 is 1.59 bits per heavy atom. The molecule has 5 heteroatoms. The number of piperazine rings is 1. The van der Waals surface area contributed by atoms with Gasteiger partial charge in [-0.3, -0.25) is 14.6 Å². The molecule has 156 valence electrons. The molecule has 0 saturated carbocycles. The smallest absolute Gasteiger partial charge is 0.244 e. The van der Waals surface area contributed by atoms with E-state index in [1.54, 1.807) is 0 Å². The highest BCUT2D eigenvalue weighted by Gasteiger charge is 2.30. The van der Waals surface area contributed by atoms with Crippen LogP contribution in [0.3, 0.4) is 0 Å². The van der Waals surface area contributed by atoms with E-state index in [0.29, 0.717) is 0 Å². The van der Waals surface area contributed by atoms with Gasteiger partial charge in [-0.05, 0) is 39.6 Å². The van der Waals surface area contributed by atoms with E-state index >= 15 is 0 Å². The van der Waals surface area contributed by atoms with Crippen LogP contribution in [0.15, 0.2) is 54.6 Å². The largest absolute Gasteiger partial charge is 0.491 e. The van der Waals surface area contributed by atoms with Crippen molar-refractivity contribution >= 4 is 5.91 Å². The Labute approximate surface area is 174 Å². The first kappa shape index (κ1) is 21.3. The highest BCUT2D eigenvalue weighted by molar-refractivity contribution is 5.83. The highest BCUT2D eigenvalue weighted by Crippen LogP contribution is 2.24. The van der Waals surface area contributed by atoms with Crippen LogP contribution in [0.25, 0.3) is 0 Å². The third-order valence-electron chi connectivity index (χ3n) is 5.28. The number of carbonyl (C=O) groups is 1. The maximum Gasteiger partial charge on any atom is 0.244 e. The van der Waals surface area contributed by atoms with Crippen molar-refractivity contribution in [1.82, 2.24) is 14.7 Å². The van der Waals surface area contributed by atoms with Gasteiger partial charge in [0.2, 0.25) is 5.91 Å². The molecule has 1 fully saturated rings. The molecule has 0 N–H and O–H groups in total. The van der Waals surface area contributed by atoms with Crippen LogP contribution >= 0.6 is 0 Å². The van der Waals surface area contributed by atoms with E-state index in [0.717, 1.165) is 44.0 Å². The predicted molar refractivity (Wildman–Crippen MR) is 117 cm³/mol. The van der Waals surface area contributed by atoms with Crippen molar-refractivity contribution in [1.29, 1.82) is 0 Å². The number of nitrogens with zero attached hydrogens (tertiary/aromatic N) is 3. The van der Waals surface area contributed by atoms with Crippen molar-refractivity contribution in [2.45, 2.75) is 32.5 Å². The maximum atomic E-state index is 13.2. The molecule has 0 spiro atoms. The minimum atomic E-state index is -0.233. The van der Waals surface area contributed by atoms with E-state index in [2.05, 4.69) is 30.9 Å². The Balaban J connectivity index is 1.61. The molecule has 1 unspecified atom stereocenters. The second-order valence-electron chi connectivity index (χ2n) is 8.15. The first-order valence-electron chi connectivity index (χ1n) is 10.4. The summed E-state index contributed by atoms with van der Waals surface area (Å²) in [6, 6.07) is 18.1. The fraction of sp³-hybridized carbons (Fsp3) is 0.458. The average molecular weight is 396 g/mol. The van der Waals surface area contributed by atoms with E-state index in [-0.39, 0.29) is 18.1 Å². The van der Waals surface area contributed by atoms with Gasteiger partial charge in [0.15, 0.2) is 0 Å². The number of hydrogen-bond acceptors (Lipinski definition) is 4. The first-order valence-corrected chi connectivity index (χ1v) is 10.4. The summed E-state index contributed by atoms with van der Waals surface area (Å²) in [5.74, 6) is 1.14. The molecule has 1 aliphatic heterocycles. The van der Waals surface area contributed by atoms with Gasteiger partial charge >= 0.3 is 0 Å². The van der Waals surface area contributed by atoms with Crippen molar-refractivity contribution in [3.05, 3.63) is 65.7 Å². The fourth-order valence-electron chi connectivity index (χ4n) is 3.84. The molecule has 1 saturated heterocycles. The molecule has 2 aromatic rings. The number of carbonyl (C=O) groups excluding carboxylic acids is 1. The third-order valence-corrected chi connectivity index (χ3v) is 5.28. The van der Waals surface area contributed by atoms with Gasteiger partial charge in [-0.1, -0.05) is 48.5 Å². The zero-order chi connectivity index (χ0) is 20.8. The van der Waals surface area contributed by atoms with Crippen LogP contribution < -0.4 is 4.74 Å². The van der Waals surface area contributed by atoms with Crippen molar-refractivity contribution < 1.29 is 9.53 Å². The zero-order valence-corrected chi connectivity index (χ0v) is 18.0. The van der Waals surface area contributed by atoms with Crippen LogP contribution in [-0.2, 0) is 11.3 Å². The number of para-hydroxylation sites is 1. The molecular formula is C24H33N3O2. The molecule has 29 heavy (non-hydrogen) atoms. The topological polar surface area (TPSA) is 36.0 Å². The number of rotatable bonds is 7. The minimum absolute atomic E-state index is 0.159. The van der Waals surface area contributed by atoms with Crippen LogP contribution in [-0.4, -0.2) is 67.0 Å². The van der Waals surface area contributed by atoms with Crippen LogP contribution in [0.4, 0.5) is 0 Å². The van der Waals surface area contributed by atoms with Gasteiger partial charge < -0.3 is 9.64 Å². The quantitative estimate of drug-likeness (QED) is 0.720. The lowest BCUT2D eigenvalue weighted by molar-refractivity contribution is -0.138. The molecule has 1 heterocycles. The molecule has 2 aromatic carbocycles. The van der Waals surface area contributed by atoms with Gasteiger partial charge in [0.1, 0.15) is 11.8 Å². The molecule has 3 rings (SSSR count). The van der Waals surface area contributed by atoms with Crippen LogP contribution in [0.2, 0.25) is 0 Å². The Morgan fingerprint density at radius 3 is 2.21 bits per heavy atom. The van der Waals surface area contributed by atoms with Crippen LogP contribution in [0, 0.1) is 0 Å². The van der Waals surface area contributed by atoms with Crippen molar-refractivity contribution in [2.75, 3.05) is 40.3 Å². The second kappa shape index (κ2) is 9.90. The summed E-state index contributed by atoms with van der Waals surface area (Å²) < 4.78 is 5.96. The Bertz CT molecular complexity index is 784. The third kappa shape index (κ3) is 5.58. The van der Waals surface area contributed by atoms with Crippen molar-refractivity contribution in [2.24, 2.45) is 0 Å². The monoisotopic (exact) mass is 395 g/mol. The van der Waals surface area contributed by atoms with Gasteiger partial charge in [-0.2, -0.15) is 0 Å². The summed E-state index contributed by atoms with van der Waals surface area (Å²) in [5, 5.41) is 0. The Hall–Kier alpha value is -2.37. The minimum Gasteiger partial charge on any atom is -0.491 e. The van der Waals surface area contributed by atoms with E-state index < -0.39 is 0 Å². The molecule has 0 aromatic heterocycles. The van der Waals surface area contributed by atoms with Gasteiger partial charge in [0.25, 0.3) is 0 Å². The molecule has 1 aliphatic rings. The maximum absolute atomic E-state index is 13.2. The van der Waals surface area contributed by atoms with E-state index in [9.17, 15) is 4.79 Å². The van der Waals surface area contributed by atoms with Gasteiger partial charge in [0, 0.05) is 38.3 Å². The standard InChI is InChI=1S/C24H33N3O2/c1-19(2)29-22-13-9-8-12-21(22)18-26-14-16-27(17-15-26)24(28)23(25(3)4)20-10-6-5-7-11-20/h5-13,19,23H,14-18H2,1-4H3. The summed E-state index contributed by atoms with van der Waals surface area (Å²) in [7, 11) is 3.94. The summed E-state index contributed by atoms with van der Waals surface area (Å²) >= 11 is 0.